The lowest BCUT2D eigenvalue weighted by Gasteiger charge is -2.17. The molecule has 1 heterocycles. The standard InChI is InChI=1S/C20H24N2O2/c1-12(2)15-5-7-16(8-6-15)20(10-13(20)3)11-18(23)17-9-19(24)22-14(4)21-17/h5-9,12-13H,10-11H2,1-4H3,(H,21,22,24)/t13-,20-/m1/s1. The maximum Gasteiger partial charge on any atom is 0.251 e. The fourth-order valence-corrected chi connectivity index (χ4v) is 3.54. The Bertz CT molecular complexity index is 820. The van der Waals surface area contributed by atoms with Gasteiger partial charge in [-0.3, -0.25) is 9.59 Å². The zero-order chi connectivity index (χ0) is 17.5. The maximum atomic E-state index is 12.7. The molecule has 4 nitrogen and oxygen atoms in total. The van der Waals surface area contributed by atoms with Crippen LogP contribution in [0.1, 0.15) is 67.0 Å². The van der Waals surface area contributed by atoms with E-state index in [0.29, 0.717) is 24.1 Å². The minimum Gasteiger partial charge on any atom is -0.311 e. The van der Waals surface area contributed by atoms with E-state index in [1.165, 1.54) is 17.2 Å². The van der Waals surface area contributed by atoms with E-state index in [2.05, 4.69) is 55.0 Å². The Kier molecular flexibility index (Phi) is 4.16. The van der Waals surface area contributed by atoms with Gasteiger partial charge in [-0.1, -0.05) is 45.0 Å². The lowest BCUT2D eigenvalue weighted by Crippen LogP contribution is -2.20. The van der Waals surface area contributed by atoms with Crippen molar-refractivity contribution in [3.8, 4) is 0 Å². The molecule has 4 heteroatoms. The van der Waals surface area contributed by atoms with Crippen LogP contribution in [0.2, 0.25) is 0 Å². The highest BCUT2D eigenvalue weighted by molar-refractivity contribution is 5.95. The molecule has 126 valence electrons. The third kappa shape index (κ3) is 3.05. The number of nitrogens with zero attached hydrogens (tertiary/aromatic N) is 1. The van der Waals surface area contributed by atoms with Gasteiger partial charge in [0, 0.05) is 17.9 Å². The van der Waals surface area contributed by atoms with Gasteiger partial charge in [0.2, 0.25) is 0 Å². The number of carbonyl (C=O) groups is 1. The quantitative estimate of drug-likeness (QED) is 0.852. The number of aromatic nitrogens is 2. The topological polar surface area (TPSA) is 62.8 Å². The van der Waals surface area contributed by atoms with Gasteiger partial charge in [0.1, 0.15) is 11.5 Å². The van der Waals surface area contributed by atoms with Crippen LogP contribution in [-0.4, -0.2) is 15.8 Å². The van der Waals surface area contributed by atoms with Crippen LogP contribution in [-0.2, 0) is 5.41 Å². The van der Waals surface area contributed by atoms with Crippen LogP contribution >= 0.6 is 0 Å². The van der Waals surface area contributed by atoms with Gasteiger partial charge < -0.3 is 4.98 Å². The van der Waals surface area contributed by atoms with Gasteiger partial charge in [0.15, 0.2) is 5.78 Å². The number of Topliss-reactive ketones (excluding diaryl/α,β-unsaturated/α-hetero) is 1. The summed E-state index contributed by atoms with van der Waals surface area (Å²) in [6.45, 7) is 8.22. The van der Waals surface area contributed by atoms with Crippen molar-refractivity contribution in [2.75, 3.05) is 0 Å². The Hall–Kier alpha value is -2.23. The van der Waals surface area contributed by atoms with Crippen molar-refractivity contribution < 1.29 is 4.79 Å². The summed E-state index contributed by atoms with van der Waals surface area (Å²) in [6, 6.07) is 9.93. The van der Waals surface area contributed by atoms with Crippen LogP contribution in [0, 0.1) is 12.8 Å². The van der Waals surface area contributed by atoms with Crippen molar-refractivity contribution in [1.29, 1.82) is 0 Å². The van der Waals surface area contributed by atoms with Crippen LogP contribution < -0.4 is 5.56 Å². The van der Waals surface area contributed by atoms with Gasteiger partial charge in [-0.15, -0.1) is 0 Å². The molecular weight excluding hydrogens is 300 g/mol. The Balaban J connectivity index is 1.86. The molecule has 1 fully saturated rings. The highest BCUT2D eigenvalue weighted by Gasteiger charge is 2.53. The molecule has 0 spiro atoms. The summed E-state index contributed by atoms with van der Waals surface area (Å²) in [5, 5.41) is 0. The monoisotopic (exact) mass is 324 g/mol. The molecule has 0 bridgehead atoms. The summed E-state index contributed by atoms with van der Waals surface area (Å²) in [4.78, 5) is 31.0. The van der Waals surface area contributed by atoms with E-state index in [0.717, 1.165) is 6.42 Å². The molecule has 0 saturated heterocycles. The number of benzene rings is 1. The molecule has 0 radical (unpaired) electrons. The van der Waals surface area contributed by atoms with Crippen LogP contribution in [0.25, 0.3) is 0 Å². The minimum atomic E-state index is -0.273. The van der Waals surface area contributed by atoms with Crippen LogP contribution in [0.15, 0.2) is 35.1 Å². The van der Waals surface area contributed by atoms with Crippen molar-refractivity contribution >= 4 is 5.78 Å². The van der Waals surface area contributed by atoms with E-state index < -0.39 is 0 Å². The third-order valence-electron chi connectivity index (χ3n) is 5.23. The zero-order valence-electron chi connectivity index (χ0n) is 14.7. The Labute approximate surface area is 142 Å². The summed E-state index contributed by atoms with van der Waals surface area (Å²) in [5.74, 6) is 1.39. The molecule has 2 aromatic rings. The van der Waals surface area contributed by atoms with Gasteiger partial charge in [-0.2, -0.15) is 0 Å². The molecule has 1 N–H and O–H groups in total. The lowest BCUT2D eigenvalue weighted by molar-refractivity contribution is 0.0962. The Morgan fingerprint density at radius 3 is 2.46 bits per heavy atom. The molecule has 1 aromatic heterocycles. The molecule has 1 saturated carbocycles. The number of rotatable bonds is 5. The smallest absolute Gasteiger partial charge is 0.251 e. The second-order valence-electron chi connectivity index (χ2n) is 7.35. The van der Waals surface area contributed by atoms with Crippen molar-refractivity contribution in [2.24, 2.45) is 5.92 Å². The Morgan fingerprint density at radius 1 is 1.33 bits per heavy atom. The van der Waals surface area contributed by atoms with Gasteiger partial charge in [0.05, 0.1) is 0 Å². The summed E-state index contributed by atoms with van der Waals surface area (Å²) in [6.07, 6.45) is 1.41. The van der Waals surface area contributed by atoms with E-state index in [4.69, 9.17) is 0 Å². The van der Waals surface area contributed by atoms with E-state index in [9.17, 15) is 9.59 Å². The maximum absolute atomic E-state index is 12.7. The predicted octanol–water partition coefficient (Wildman–Crippen LogP) is 3.75. The van der Waals surface area contributed by atoms with Crippen LogP contribution in [0.5, 0.6) is 0 Å². The summed E-state index contributed by atoms with van der Waals surface area (Å²) in [7, 11) is 0. The first-order valence-electron chi connectivity index (χ1n) is 8.53. The summed E-state index contributed by atoms with van der Waals surface area (Å²) >= 11 is 0. The number of hydrogen-bond donors (Lipinski definition) is 1. The molecule has 1 aliphatic carbocycles. The number of aryl methyl sites for hydroxylation is 1. The van der Waals surface area contributed by atoms with Crippen molar-refractivity contribution in [3.05, 3.63) is 63.3 Å². The fraction of sp³-hybridized carbons (Fsp3) is 0.450. The molecule has 0 aliphatic heterocycles. The molecule has 24 heavy (non-hydrogen) atoms. The average Bonchev–Trinajstić information content (AvgIpc) is 3.17. The van der Waals surface area contributed by atoms with E-state index in [-0.39, 0.29) is 22.5 Å². The molecule has 1 aliphatic rings. The predicted molar refractivity (Wildman–Crippen MR) is 94.5 cm³/mol. The van der Waals surface area contributed by atoms with Gasteiger partial charge in [-0.25, -0.2) is 4.98 Å². The number of carbonyl (C=O) groups excluding carboxylic acids is 1. The molecule has 0 amide bonds. The molecule has 3 rings (SSSR count). The fourth-order valence-electron chi connectivity index (χ4n) is 3.54. The van der Waals surface area contributed by atoms with E-state index in [1.54, 1.807) is 6.92 Å². The normalized spacial score (nSPS) is 22.6. The van der Waals surface area contributed by atoms with Gasteiger partial charge in [-0.05, 0) is 36.3 Å². The third-order valence-corrected chi connectivity index (χ3v) is 5.23. The van der Waals surface area contributed by atoms with Gasteiger partial charge >= 0.3 is 0 Å². The SMILES string of the molecule is Cc1nc(C(=O)C[C@]2(c3ccc(C(C)C)cc3)C[C@H]2C)cc(=O)[nH]1. The molecular formula is C20H24N2O2. The molecule has 0 unspecified atom stereocenters. The number of H-pyrrole nitrogens is 1. The van der Waals surface area contributed by atoms with E-state index >= 15 is 0 Å². The summed E-state index contributed by atoms with van der Waals surface area (Å²) < 4.78 is 0. The first-order valence-corrected chi connectivity index (χ1v) is 8.53. The first-order chi connectivity index (χ1) is 11.3. The number of hydrogen-bond acceptors (Lipinski definition) is 3. The molecule has 2 atom stereocenters. The van der Waals surface area contributed by atoms with Crippen molar-refractivity contribution in [3.63, 3.8) is 0 Å². The van der Waals surface area contributed by atoms with Crippen LogP contribution in [0.4, 0.5) is 0 Å². The Morgan fingerprint density at radius 2 is 1.96 bits per heavy atom. The first kappa shape index (κ1) is 16.6. The van der Waals surface area contributed by atoms with Crippen molar-refractivity contribution in [2.45, 2.75) is 51.9 Å². The van der Waals surface area contributed by atoms with E-state index in [1.807, 2.05) is 0 Å². The number of ketones is 1. The number of nitrogens with one attached hydrogen (secondary N) is 1. The highest BCUT2D eigenvalue weighted by atomic mass is 16.1. The van der Waals surface area contributed by atoms with Crippen LogP contribution in [0.3, 0.4) is 0 Å². The second-order valence-corrected chi connectivity index (χ2v) is 7.35. The largest absolute Gasteiger partial charge is 0.311 e. The summed E-state index contributed by atoms with van der Waals surface area (Å²) in [5.41, 5.74) is 2.42. The lowest BCUT2D eigenvalue weighted by atomic mass is 9.86. The van der Waals surface area contributed by atoms with Crippen molar-refractivity contribution in [1.82, 2.24) is 9.97 Å². The molecule has 1 aromatic carbocycles. The second kappa shape index (κ2) is 6.00. The minimum absolute atomic E-state index is 0.0542. The number of aromatic amines is 1. The highest BCUT2D eigenvalue weighted by Crippen LogP contribution is 2.57. The van der Waals surface area contributed by atoms with Gasteiger partial charge in [0.25, 0.3) is 5.56 Å². The average molecular weight is 324 g/mol. The zero-order valence-corrected chi connectivity index (χ0v) is 14.7.